The molecule has 4 nitrogen and oxygen atoms in total. The van der Waals surface area contributed by atoms with Crippen molar-refractivity contribution in [3.05, 3.63) is 64.7 Å². The van der Waals surface area contributed by atoms with Crippen LogP contribution in [0.15, 0.2) is 42.5 Å². The predicted octanol–water partition coefficient (Wildman–Crippen LogP) is 3.76. The topological polar surface area (TPSA) is 46.6 Å². The molecular weight excluding hydrogens is 326 g/mol. The predicted molar refractivity (Wildman–Crippen MR) is 102 cm³/mol. The van der Waals surface area contributed by atoms with Crippen LogP contribution >= 0.6 is 0 Å². The summed E-state index contributed by atoms with van der Waals surface area (Å²) in [6, 6.07) is 13.3. The van der Waals surface area contributed by atoms with Crippen molar-refractivity contribution in [2.75, 3.05) is 13.7 Å². The number of nitrogens with zero attached hydrogens (tertiary/aromatic N) is 1. The van der Waals surface area contributed by atoms with Crippen molar-refractivity contribution in [1.82, 2.24) is 4.90 Å². The molecule has 0 aliphatic carbocycles. The molecule has 0 fully saturated rings. The van der Waals surface area contributed by atoms with Crippen molar-refractivity contribution in [2.24, 2.45) is 0 Å². The minimum Gasteiger partial charge on any atom is -0.497 e. The second kappa shape index (κ2) is 6.94. The first-order valence-electron chi connectivity index (χ1n) is 8.89. The Morgan fingerprint density at radius 2 is 1.69 bits per heavy atom. The van der Waals surface area contributed by atoms with Gasteiger partial charge in [0.1, 0.15) is 5.75 Å². The standard InChI is InChI=1S/C22H25NO3/c1-22(2,3)18-8-5-16(6-9-18)20(24)21(25)23-12-11-15-7-10-19(26-4)13-17(15)14-23/h5-10,13H,11-12,14H2,1-4H3. The van der Waals surface area contributed by atoms with Gasteiger partial charge < -0.3 is 9.64 Å². The van der Waals surface area contributed by atoms with E-state index in [2.05, 4.69) is 20.8 Å². The van der Waals surface area contributed by atoms with Crippen molar-refractivity contribution < 1.29 is 14.3 Å². The van der Waals surface area contributed by atoms with E-state index in [9.17, 15) is 9.59 Å². The van der Waals surface area contributed by atoms with Gasteiger partial charge in [-0.3, -0.25) is 9.59 Å². The molecule has 1 heterocycles. The van der Waals surface area contributed by atoms with Crippen LogP contribution in [0.3, 0.4) is 0 Å². The lowest BCUT2D eigenvalue weighted by Crippen LogP contribution is -2.40. The molecule has 0 spiro atoms. The van der Waals surface area contributed by atoms with Crippen LogP contribution in [-0.4, -0.2) is 30.2 Å². The maximum atomic E-state index is 12.7. The Balaban J connectivity index is 1.75. The van der Waals surface area contributed by atoms with Crippen LogP contribution in [-0.2, 0) is 23.2 Å². The molecule has 0 saturated carbocycles. The van der Waals surface area contributed by atoms with Crippen molar-refractivity contribution in [3.8, 4) is 5.75 Å². The molecule has 1 aliphatic heterocycles. The number of hydrogen-bond acceptors (Lipinski definition) is 3. The number of hydrogen-bond donors (Lipinski definition) is 0. The van der Waals surface area contributed by atoms with Gasteiger partial charge in [0.25, 0.3) is 5.91 Å². The molecule has 0 saturated heterocycles. The van der Waals surface area contributed by atoms with Crippen molar-refractivity contribution in [2.45, 2.75) is 39.2 Å². The van der Waals surface area contributed by atoms with E-state index < -0.39 is 11.7 Å². The molecule has 4 heteroatoms. The van der Waals surface area contributed by atoms with Gasteiger partial charge in [-0.2, -0.15) is 0 Å². The number of carbonyl (C=O) groups excluding carboxylic acids is 2. The molecule has 3 rings (SSSR count). The zero-order valence-electron chi connectivity index (χ0n) is 15.8. The van der Waals surface area contributed by atoms with E-state index >= 15 is 0 Å². The van der Waals surface area contributed by atoms with Gasteiger partial charge in [0, 0.05) is 18.7 Å². The molecule has 0 N–H and O–H groups in total. The highest BCUT2D eigenvalue weighted by molar-refractivity contribution is 6.42. The number of benzene rings is 2. The average Bonchev–Trinajstić information content (AvgIpc) is 2.65. The lowest BCUT2D eigenvalue weighted by atomic mass is 9.86. The SMILES string of the molecule is COc1ccc2c(c1)CN(C(=O)C(=O)c1ccc(C(C)(C)C)cc1)CC2. The number of fused-ring (bicyclic) bond motifs is 1. The number of methoxy groups -OCH3 is 1. The van der Waals surface area contributed by atoms with E-state index in [0.29, 0.717) is 18.7 Å². The monoisotopic (exact) mass is 351 g/mol. The fraction of sp³-hybridized carbons (Fsp3) is 0.364. The van der Waals surface area contributed by atoms with E-state index in [1.54, 1.807) is 24.1 Å². The van der Waals surface area contributed by atoms with Gasteiger partial charge in [0.15, 0.2) is 0 Å². The number of carbonyl (C=O) groups is 2. The third-order valence-electron chi connectivity index (χ3n) is 4.92. The summed E-state index contributed by atoms with van der Waals surface area (Å²) in [5, 5.41) is 0. The summed E-state index contributed by atoms with van der Waals surface area (Å²) in [5.41, 5.74) is 3.85. The molecule has 136 valence electrons. The summed E-state index contributed by atoms with van der Waals surface area (Å²) in [7, 11) is 1.62. The molecule has 0 atom stereocenters. The minimum absolute atomic E-state index is 0.0151. The van der Waals surface area contributed by atoms with Gasteiger partial charge in [-0.15, -0.1) is 0 Å². The van der Waals surface area contributed by atoms with Crippen LogP contribution in [0.2, 0.25) is 0 Å². The van der Waals surface area contributed by atoms with E-state index in [-0.39, 0.29) is 5.41 Å². The summed E-state index contributed by atoms with van der Waals surface area (Å²) >= 11 is 0. The van der Waals surface area contributed by atoms with E-state index in [1.807, 2.05) is 30.3 Å². The van der Waals surface area contributed by atoms with Crippen LogP contribution in [0.25, 0.3) is 0 Å². The molecule has 2 aromatic carbocycles. The zero-order valence-corrected chi connectivity index (χ0v) is 15.8. The molecule has 0 unspecified atom stereocenters. The van der Waals surface area contributed by atoms with Gasteiger partial charge in [-0.25, -0.2) is 0 Å². The van der Waals surface area contributed by atoms with Gasteiger partial charge in [-0.1, -0.05) is 51.1 Å². The summed E-state index contributed by atoms with van der Waals surface area (Å²) in [5.74, 6) is -0.124. The molecule has 1 aliphatic rings. The Hall–Kier alpha value is -2.62. The normalized spacial score (nSPS) is 13.9. The summed E-state index contributed by atoms with van der Waals surface area (Å²) in [6.07, 6.45) is 0.751. The molecule has 0 bridgehead atoms. The van der Waals surface area contributed by atoms with Crippen LogP contribution in [0.5, 0.6) is 5.75 Å². The fourth-order valence-corrected chi connectivity index (χ4v) is 3.22. The minimum atomic E-state index is -0.447. The Kier molecular flexibility index (Phi) is 4.86. The third-order valence-corrected chi connectivity index (χ3v) is 4.92. The quantitative estimate of drug-likeness (QED) is 0.625. The van der Waals surface area contributed by atoms with Gasteiger partial charge in [0.05, 0.1) is 7.11 Å². The lowest BCUT2D eigenvalue weighted by Gasteiger charge is -2.28. The lowest BCUT2D eigenvalue weighted by molar-refractivity contribution is -0.127. The maximum Gasteiger partial charge on any atom is 0.295 e. The number of ketones is 1. The van der Waals surface area contributed by atoms with Crippen LogP contribution in [0.4, 0.5) is 0 Å². The van der Waals surface area contributed by atoms with Crippen LogP contribution in [0, 0.1) is 0 Å². The number of amides is 1. The average molecular weight is 351 g/mol. The van der Waals surface area contributed by atoms with E-state index in [0.717, 1.165) is 23.3 Å². The fourth-order valence-electron chi connectivity index (χ4n) is 3.22. The Bertz CT molecular complexity index is 831. The van der Waals surface area contributed by atoms with Gasteiger partial charge in [0.2, 0.25) is 5.78 Å². The largest absolute Gasteiger partial charge is 0.497 e. The van der Waals surface area contributed by atoms with E-state index in [4.69, 9.17) is 4.74 Å². The smallest absolute Gasteiger partial charge is 0.295 e. The van der Waals surface area contributed by atoms with Crippen molar-refractivity contribution in [3.63, 3.8) is 0 Å². The highest BCUT2D eigenvalue weighted by atomic mass is 16.5. The Morgan fingerprint density at radius 1 is 1.00 bits per heavy atom. The van der Waals surface area contributed by atoms with Crippen molar-refractivity contribution >= 4 is 11.7 Å². The Labute approximate surface area is 154 Å². The molecule has 0 radical (unpaired) electrons. The van der Waals surface area contributed by atoms with Crippen molar-refractivity contribution in [1.29, 1.82) is 0 Å². The maximum absolute atomic E-state index is 12.7. The third kappa shape index (κ3) is 3.64. The summed E-state index contributed by atoms with van der Waals surface area (Å²) in [4.78, 5) is 26.9. The zero-order chi connectivity index (χ0) is 18.9. The first-order valence-corrected chi connectivity index (χ1v) is 8.89. The first-order chi connectivity index (χ1) is 12.3. The number of rotatable bonds is 3. The number of Topliss-reactive ketones (excluding diaryl/α,β-unsaturated/α-hetero) is 1. The summed E-state index contributed by atoms with van der Waals surface area (Å²) in [6.45, 7) is 7.36. The molecule has 0 aromatic heterocycles. The number of ether oxygens (including phenoxy) is 1. The first kappa shape index (κ1) is 18.2. The van der Waals surface area contributed by atoms with Crippen LogP contribution < -0.4 is 4.74 Å². The Morgan fingerprint density at radius 3 is 2.31 bits per heavy atom. The van der Waals surface area contributed by atoms with E-state index in [1.165, 1.54) is 5.56 Å². The van der Waals surface area contributed by atoms with Gasteiger partial charge in [-0.05, 0) is 40.7 Å². The molecular formula is C22H25NO3. The molecule has 26 heavy (non-hydrogen) atoms. The molecule has 1 amide bonds. The highest BCUT2D eigenvalue weighted by Crippen LogP contribution is 2.25. The highest BCUT2D eigenvalue weighted by Gasteiger charge is 2.27. The van der Waals surface area contributed by atoms with Crippen LogP contribution in [0.1, 0.15) is 47.8 Å². The summed E-state index contributed by atoms with van der Waals surface area (Å²) < 4.78 is 5.26. The van der Waals surface area contributed by atoms with Gasteiger partial charge >= 0.3 is 0 Å². The second-order valence-electron chi connectivity index (χ2n) is 7.77. The molecule has 2 aromatic rings. The second-order valence-corrected chi connectivity index (χ2v) is 7.77.